The molecule has 15 heavy (non-hydrogen) atoms. The first-order chi connectivity index (χ1) is 6.96. The molecule has 1 amide bonds. The highest BCUT2D eigenvalue weighted by Gasteiger charge is 2.30. The van der Waals surface area contributed by atoms with Gasteiger partial charge in [0.1, 0.15) is 0 Å². The van der Waals surface area contributed by atoms with Gasteiger partial charge in [-0.15, -0.1) is 0 Å². The number of nitrogens with one attached hydrogen (secondary N) is 2. The third-order valence-corrected chi connectivity index (χ3v) is 4.35. The van der Waals surface area contributed by atoms with Gasteiger partial charge in [-0.1, -0.05) is 0 Å². The molecule has 88 valence electrons. The zero-order valence-electron chi connectivity index (χ0n) is 10.1. The predicted octanol–water partition coefficient (Wildman–Crippen LogP) is 1.24. The maximum atomic E-state index is 11.9. The van der Waals surface area contributed by atoms with Gasteiger partial charge in [0.25, 0.3) is 0 Å². The van der Waals surface area contributed by atoms with Gasteiger partial charge in [0.2, 0.25) is 5.91 Å². The van der Waals surface area contributed by atoms with Crippen molar-refractivity contribution in [2.45, 2.75) is 38.0 Å². The Morgan fingerprint density at radius 2 is 2.27 bits per heavy atom. The van der Waals surface area contributed by atoms with E-state index in [9.17, 15) is 4.79 Å². The Bertz CT molecular complexity index is 231. The van der Waals surface area contributed by atoms with E-state index < -0.39 is 0 Å². The van der Waals surface area contributed by atoms with Gasteiger partial charge in [-0.25, -0.2) is 0 Å². The van der Waals surface area contributed by atoms with E-state index >= 15 is 0 Å². The van der Waals surface area contributed by atoms with E-state index in [4.69, 9.17) is 0 Å². The van der Waals surface area contributed by atoms with Gasteiger partial charge in [0.15, 0.2) is 0 Å². The quantitative estimate of drug-likeness (QED) is 0.763. The fourth-order valence-corrected chi connectivity index (χ4v) is 1.94. The molecule has 0 aromatic rings. The molecule has 2 N–H and O–H groups in total. The van der Waals surface area contributed by atoms with Crippen LogP contribution in [0.3, 0.4) is 0 Å². The minimum atomic E-state index is 0.130. The first kappa shape index (κ1) is 12.8. The SMILES string of the molecule is CSC(C)(C)CNC(=O)C1CCNC1C. The Kier molecular flexibility index (Phi) is 4.46. The van der Waals surface area contributed by atoms with Crippen LogP contribution < -0.4 is 10.6 Å². The van der Waals surface area contributed by atoms with E-state index in [-0.39, 0.29) is 16.6 Å². The summed E-state index contributed by atoms with van der Waals surface area (Å²) in [6, 6.07) is 0.322. The molecule has 1 rings (SSSR count). The van der Waals surface area contributed by atoms with Crippen LogP contribution in [0.1, 0.15) is 27.2 Å². The number of rotatable bonds is 4. The van der Waals surface area contributed by atoms with Crippen LogP contribution in [-0.4, -0.2) is 36.0 Å². The zero-order valence-corrected chi connectivity index (χ0v) is 10.9. The maximum Gasteiger partial charge on any atom is 0.224 e. The Morgan fingerprint density at radius 3 is 2.73 bits per heavy atom. The molecular formula is C11H22N2OS. The lowest BCUT2D eigenvalue weighted by atomic mass is 10.0. The van der Waals surface area contributed by atoms with Crippen LogP contribution >= 0.6 is 11.8 Å². The van der Waals surface area contributed by atoms with Crippen LogP contribution in [0, 0.1) is 5.92 Å². The largest absolute Gasteiger partial charge is 0.354 e. The van der Waals surface area contributed by atoms with E-state index in [0.717, 1.165) is 19.5 Å². The van der Waals surface area contributed by atoms with Crippen molar-refractivity contribution in [3.63, 3.8) is 0 Å². The molecule has 0 aromatic carbocycles. The lowest BCUT2D eigenvalue weighted by Gasteiger charge is -2.24. The highest BCUT2D eigenvalue weighted by molar-refractivity contribution is 7.99. The maximum absolute atomic E-state index is 11.9. The summed E-state index contributed by atoms with van der Waals surface area (Å²) in [5.74, 6) is 0.359. The fourth-order valence-electron chi connectivity index (χ4n) is 1.72. The monoisotopic (exact) mass is 230 g/mol. The number of hydrogen-bond donors (Lipinski definition) is 2. The molecular weight excluding hydrogens is 208 g/mol. The molecule has 0 aliphatic carbocycles. The van der Waals surface area contributed by atoms with E-state index in [1.165, 1.54) is 0 Å². The molecule has 0 radical (unpaired) electrons. The van der Waals surface area contributed by atoms with E-state index in [2.05, 4.69) is 37.7 Å². The smallest absolute Gasteiger partial charge is 0.224 e. The molecule has 4 heteroatoms. The number of carbonyl (C=O) groups is 1. The summed E-state index contributed by atoms with van der Waals surface area (Å²) in [5, 5.41) is 6.34. The lowest BCUT2D eigenvalue weighted by molar-refractivity contribution is -0.125. The van der Waals surface area contributed by atoms with E-state index in [1.807, 2.05) is 0 Å². The molecule has 1 aliphatic heterocycles. The summed E-state index contributed by atoms with van der Waals surface area (Å²) < 4.78 is 0.130. The summed E-state index contributed by atoms with van der Waals surface area (Å²) in [4.78, 5) is 11.9. The van der Waals surface area contributed by atoms with E-state index in [0.29, 0.717) is 6.04 Å². The van der Waals surface area contributed by atoms with Crippen molar-refractivity contribution in [2.24, 2.45) is 5.92 Å². The second-order valence-electron chi connectivity index (χ2n) is 4.82. The first-order valence-electron chi connectivity index (χ1n) is 5.52. The molecule has 1 aliphatic rings. The van der Waals surface area contributed by atoms with Gasteiger partial charge in [-0.2, -0.15) is 11.8 Å². The third kappa shape index (κ3) is 3.68. The summed E-state index contributed by atoms with van der Waals surface area (Å²) in [6.07, 6.45) is 3.04. The molecule has 0 spiro atoms. The number of carbonyl (C=O) groups excluding carboxylic acids is 1. The second kappa shape index (κ2) is 5.21. The van der Waals surface area contributed by atoms with Gasteiger partial charge < -0.3 is 10.6 Å². The van der Waals surface area contributed by atoms with Crippen molar-refractivity contribution in [1.29, 1.82) is 0 Å². The van der Waals surface area contributed by atoms with Crippen molar-refractivity contribution >= 4 is 17.7 Å². The number of amides is 1. The van der Waals surface area contributed by atoms with Crippen LogP contribution in [0.5, 0.6) is 0 Å². The topological polar surface area (TPSA) is 41.1 Å². The molecule has 0 saturated carbocycles. The molecule has 3 nitrogen and oxygen atoms in total. The van der Waals surface area contributed by atoms with Gasteiger partial charge in [-0.05, 0) is 40.0 Å². The van der Waals surface area contributed by atoms with Gasteiger partial charge in [0.05, 0.1) is 5.92 Å². The summed E-state index contributed by atoms with van der Waals surface area (Å²) >= 11 is 1.78. The van der Waals surface area contributed by atoms with Crippen molar-refractivity contribution in [3.05, 3.63) is 0 Å². The van der Waals surface area contributed by atoms with Gasteiger partial charge >= 0.3 is 0 Å². The number of thioether (sulfide) groups is 1. The molecule has 1 saturated heterocycles. The molecule has 0 aromatic heterocycles. The van der Waals surface area contributed by atoms with Crippen molar-refractivity contribution in [2.75, 3.05) is 19.3 Å². The summed E-state index contributed by atoms with van der Waals surface area (Å²) in [7, 11) is 0. The predicted molar refractivity (Wildman–Crippen MR) is 66.2 cm³/mol. The van der Waals surface area contributed by atoms with Crippen LogP contribution in [0.25, 0.3) is 0 Å². The van der Waals surface area contributed by atoms with Crippen LogP contribution in [0.15, 0.2) is 0 Å². The Labute approximate surface area is 96.8 Å². The molecule has 2 unspecified atom stereocenters. The Balaban J connectivity index is 2.36. The fraction of sp³-hybridized carbons (Fsp3) is 0.909. The first-order valence-corrected chi connectivity index (χ1v) is 6.75. The van der Waals surface area contributed by atoms with Crippen molar-refractivity contribution in [1.82, 2.24) is 10.6 Å². The minimum absolute atomic E-state index is 0.130. The van der Waals surface area contributed by atoms with Crippen LogP contribution in [0.2, 0.25) is 0 Å². The Hall–Kier alpha value is -0.220. The normalized spacial score (nSPS) is 26.7. The highest BCUT2D eigenvalue weighted by Crippen LogP contribution is 2.20. The molecule has 2 atom stereocenters. The lowest BCUT2D eigenvalue weighted by Crippen LogP contribution is -2.42. The summed E-state index contributed by atoms with van der Waals surface area (Å²) in [5.41, 5.74) is 0. The van der Waals surface area contributed by atoms with Crippen molar-refractivity contribution < 1.29 is 4.79 Å². The highest BCUT2D eigenvalue weighted by atomic mass is 32.2. The summed E-state index contributed by atoms with van der Waals surface area (Å²) in [6.45, 7) is 8.08. The Morgan fingerprint density at radius 1 is 1.60 bits per heavy atom. The second-order valence-corrected chi connectivity index (χ2v) is 6.33. The number of hydrogen-bond acceptors (Lipinski definition) is 3. The zero-order chi connectivity index (χ0) is 11.5. The van der Waals surface area contributed by atoms with E-state index in [1.54, 1.807) is 11.8 Å². The average molecular weight is 230 g/mol. The third-order valence-electron chi connectivity index (χ3n) is 3.10. The average Bonchev–Trinajstić information content (AvgIpc) is 2.61. The van der Waals surface area contributed by atoms with Crippen LogP contribution in [-0.2, 0) is 4.79 Å². The molecule has 0 bridgehead atoms. The molecule has 1 fully saturated rings. The van der Waals surface area contributed by atoms with Gasteiger partial charge in [0, 0.05) is 17.3 Å². The van der Waals surface area contributed by atoms with Gasteiger partial charge in [-0.3, -0.25) is 4.79 Å². The van der Waals surface area contributed by atoms with Crippen LogP contribution in [0.4, 0.5) is 0 Å². The standard InChI is InChI=1S/C11H22N2OS/c1-8-9(5-6-12-8)10(14)13-7-11(2,3)15-4/h8-9,12H,5-7H2,1-4H3,(H,13,14). The van der Waals surface area contributed by atoms with Crippen molar-refractivity contribution in [3.8, 4) is 0 Å². The molecule has 1 heterocycles. The minimum Gasteiger partial charge on any atom is -0.354 e.